The topological polar surface area (TPSA) is 81.1 Å². The summed E-state index contributed by atoms with van der Waals surface area (Å²) < 4.78 is 18.8. The number of aromatic nitrogens is 6. The van der Waals surface area contributed by atoms with Crippen LogP contribution in [0.4, 0.5) is 0 Å². The fraction of sp³-hybridized carbons (Fsp3) is 0.308. The van der Waals surface area contributed by atoms with Gasteiger partial charge >= 0.3 is 7.32 Å². The molecule has 6 aromatic rings. The van der Waals surface area contributed by atoms with Gasteiger partial charge in [0.2, 0.25) is 0 Å². The van der Waals surface area contributed by atoms with Gasteiger partial charge in [-0.05, 0) is 73.4 Å². The Labute approximate surface area is 289 Å². The Kier molecular flexibility index (Phi) is 9.67. The maximum absolute atomic E-state index is 6.28. The Morgan fingerprint density at radius 2 is 0.673 bits per heavy atom. The van der Waals surface area contributed by atoms with Gasteiger partial charge in [-0.25, -0.2) is 0 Å². The van der Waals surface area contributed by atoms with Crippen LogP contribution < -0.4 is 14.3 Å². The van der Waals surface area contributed by atoms with Crippen molar-refractivity contribution < 1.29 is 14.3 Å². The van der Waals surface area contributed by atoms with E-state index in [0.29, 0.717) is 17.8 Å². The lowest BCUT2D eigenvalue weighted by atomic mass is 10.0. The van der Waals surface area contributed by atoms with Gasteiger partial charge in [0.05, 0.1) is 34.2 Å². The largest absolute Gasteiger partial charge is 0.929 e. The number of nitrogens with zero attached hydrogens (tertiary/aromatic N) is 6. The van der Waals surface area contributed by atoms with E-state index in [1.54, 1.807) is 0 Å². The summed E-state index contributed by atoms with van der Waals surface area (Å²) in [5.41, 5.74) is 11.4. The van der Waals surface area contributed by atoms with E-state index in [9.17, 15) is 0 Å². The van der Waals surface area contributed by atoms with E-state index < -0.39 is 7.32 Å². The van der Waals surface area contributed by atoms with Crippen LogP contribution in [0, 0.1) is 20.8 Å². The number of benzene rings is 3. The fourth-order valence-corrected chi connectivity index (χ4v) is 5.54. The minimum absolute atomic E-state index is 0.447. The smallest absolute Gasteiger partial charge is 0.380 e. The standard InChI is InChI=1S/C39H45BN6O3/c1-25(2)31-10-16-34(17-11-31)37-22-28(7)44(41-37)47-40(48-45-29(8)23-38(42-45)35-18-12-32(13-19-35)26(3)4)49-46-30(9)24-39(43-46)36-20-14-33(15-21-36)27(5)6/h10-27H,1-9H3. The van der Waals surface area contributed by atoms with Crippen molar-refractivity contribution in [1.82, 2.24) is 29.8 Å². The summed E-state index contributed by atoms with van der Waals surface area (Å²) >= 11 is 0. The van der Waals surface area contributed by atoms with Crippen LogP contribution in [-0.4, -0.2) is 37.2 Å². The van der Waals surface area contributed by atoms with E-state index in [2.05, 4.69) is 114 Å². The van der Waals surface area contributed by atoms with Crippen molar-refractivity contribution in [1.29, 1.82) is 0 Å². The van der Waals surface area contributed by atoms with Crippen molar-refractivity contribution in [2.75, 3.05) is 0 Å². The maximum atomic E-state index is 6.28. The first kappa shape index (κ1) is 33.6. The molecule has 0 aliphatic carbocycles. The van der Waals surface area contributed by atoms with E-state index in [-0.39, 0.29) is 0 Å². The summed E-state index contributed by atoms with van der Waals surface area (Å²) in [5.74, 6) is 1.34. The third kappa shape index (κ3) is 7.59. The molecule has 0 fully saturated rings. The summed E-state index contributed by atoms with van der Waals surface area (Å²) in [7, 11) is -1.31. The monoisotopic (exact) mass is 656 g/mol. The minimum atomic E-state index is -1.31. The Morgan fingerprint density at radius 3 is 0.898 bits per heavy atom. The van der Waals surface area contributed by atoms with Crippen molar-refractivity contribution in [2.45, 2.75) is 80.1 Å². The average Bonchev–Trinajstić information content (AvgIpc) is 3.77. The molecule has 252 valence electrons. The molecule has 0 N–H and O–H groups in total. The van der Waals surface area contributed by atoms with Gasteiger partial charge < -0.3 is 14.3 Å². The minimum Gasteiger partial charge on any atom is -0.380 e. The molecule has 0 atom stereocenters. The highest BCUT2D eigenvalue weighted by Gasteiger charge is 2.36. The molecule has 49 heavy (non-hydrogen) atoms. The Balaban J connectivity index is 1.29. The summed E-state index contributed by atoms with van der Waals surface area (Å²) in [6.45, 7) is 18.9. The van der Waals surface area contributed by atoms with Crippen molar-refractivity contribution in [2.24, 2.45) is 0 Å². The molecule has 3 aromatic carbocycles. The summed E-state index contributed by atoms with van der Waals surface area (Å²) in [6, 6.07) is 31.2. The molecule has 0 radical (unpaired) electrons. The molecule has 3 heterocycles. The zero-order valence-electron chi connectivity index (χ0n) is 29.9. The zero-order valence-corrected chi connectivity index (χ0v) is 29.9. The van der Waals surface area contributed by atoms with Crippen LogP contribution in [0.3, 0.4) is 0 Å². The van der Waals surface area contributed by atoms with Crippen LogP contribution in [-0.2, 0) is 0 Å². The normalized spacial score (nSPS) is 11.5. The zero-order chi connectivity index (χ0) is 34.8. The second-order valence-electron chi connectivity index (χ2n) is 13.6. The molecular formula is C39H45BN6O3. The Hall–Kier alpha value is -5.25. The Morgan fingerprint density at radius 1 is 0.429 bits per heavy atom. The lowest BCUT2D eigenvalue weighted by Crippen LogP contribution is -2.50. The molecular weight excluding hydrogens is 611 g/mol. The highest BCUT2D eigenvalue weighted by Crippen LogP contribution is 2.25. The van der Waals surface area contributed by atoms with Crippen molar-refractivity contribution in [3.05, 3.63) is 125 Å². The first-order chi connectivity index (χ1) is 23.4. The molecule has 3 aromatic heterocycles. The van der Waals surface area contributed by atoms with E-state index in [4.69, 9.17) is 29.6 Å². The number of rotatable bonds is 12. The maximum Gasteiger partial charge on any atom is 0.929 e. The molecule has 0 aliphatic heterocycles. The van der Waals surface area contributed by atoms with Gasteiger partial charge in [0, 0.05) is 16.7 Å². The number of aryl methyl sites for hydroxylation is 3. The molecule has 0 saturated carbocycles. The van der Waals surface area contributed by atoms with Gasteiger partial charge in [0.15, 0.2) is 0 Å². The SMILES string of the molecule is Cc1cc(-c2ccc(C(C)C)cc2)nn1OB(On1nc(-c2ccc(C(C)C)cc2)cc1C)On1nc(-c2ccc(C(C)C)cc2)cc1C. The second-order valence-corrected chi connectivity index (χ2v) is 13.6. The second kappa shape index (κ2) is 14.1. The highest BCUT2D eigenvalue weighted by atomic mass is 16.9. The van der Waals surface area contributed by atoms with Gasteiger partial charge in [-0.15, -0.1) is 29.8 Å². The third-order valence-electron chi connectivity index (χ3n) is 8.71. The predicted octanol–water partition coefficient (Wildman–Crippen LogP) is 8.24. The Bertz CT molecular complexity index is 1770. The average molecular weight is 657 g/mol. The summed E-state index contributed by atoms with van der Waals surface area (Å²) in [4.78, 5) is 4.27. The number of hydrogen-bond acceptors (Lipinski definition) is 6. The molecule has 0 bridgehead atoms. The molecule has 6 rings (SSSR count). The number of hydrogen-bond donors (Lipinski definition) is 0. The van der Waals surface area contributed by atoms with Crippen LogP contribution in [0.5, 0.6) is 0 Å². The third-order valence-corrected chi connectivity index (χ3v) is 8.71. The van der Waals surface area contributed by atoms with E-state index in [1.165, 1.54) is 31.2 Å². The summed E-state index contributed by atoms with van der Waals surface area (Å²) in [6.07, 6.45) is 0. The van der Waals surface area contributed by atoms with Gasteiger partial charge in [0.25, 0.3) is 0 Å². The van der Waals surface area contributed by atoms with E-state index in [1.807, 2.05) is 39.0 Å². The lowest BCUT2D eigenvalue weighted by Gasteiger charge is -2.16. The van der Waals surface area contributed by atoms with Gasteiger partial charge in [-0.2, -0.15) is 0 Å². The summed E-state index contributed by atoms with van der Waals surface area (Å²) in [5, 5.41) is 14.2. The van der Waals surface area contributed by atoms with Crippen molar-refractivity contribution in [3.63, 3.8) is 0 Å². The van der Waals surface area contributed by atoms with Crippen molar-refractivity contribution in [3.8, 4) is 33.8 Å². The van der Waals surface area contributed by atoms with Crippen molar-refractivity contribution >= 4 is 7.32 Å². The lowest BCUT2D eigenvalue weighted by molar-refractivity contribution is 0.0361. The van der Waals surface area contributed by atoms with Gasteiger partial charge in [-0.1, -0.05) is 114 Å². The molecule has 9 nitrogen and oxygen atoms in total. The molecule has 0 aliphatic rings. The fourth-order valence-electron chi connectivity index (χ4n) is 5.54. The van der Waals surface area contributed by atoms with Crippen LogP contribution >= 0.6 is 0 Å². The van der Waals surface area contributed by atoms with Gasteiger partial charge in [0.1, 0.15) is 0 Å². The molecule has 0 amide bonds. The van der Waals surface area contributed by atoms with Crippen LogP contribution in [0.15, 0.2) is 91.0 Å². The van der Waals surface area contributed by atoms with Crippen LogP contribution in [0.2, 0.25) is 0 Å². The van der Waals surface area contributed by atoms with E-state index in [0.717, 1.165) is 50.9 Å². The predicted molar refractivity (Wildman–Crippen MR) is 195 cm³/mol. The first-order valence-corrected chi connectivity index (χ1v) is 17.0. The quantitative estimate of drug-likeness (QED) is 0.124. The van der Waals surface area contributed by atoms with Crippen LogP contribution in [0.1, 0.15) is 93.1 Å². The van der Waals surface area contributed by atoms with Crippen LogP contribution in [0.25, 0.3) is 33.8 Å². The molecule has 0 saturated heterocycles. The molecule has 10 heteroatoms. The molecule has 0 unspecified atom stereocenters. The first-order valence-electron chi connectivity index (χ1n) is 17.0. The van der Waals surface area contributed by atoms with Gasteiger partial charge in [-0.3, -0.25) is 0 Å². The van der Waals surface area contributed by atoms with E-state index >= 15 is 0 Å². The molecule has 0 spiro atoms. The highest BCUT2D eigenvalue weighted by molar-refractivity contribution is 6.37.